The first kappa shape index (κ1) is 15.7. The summed E-state index contributed by atoms with van der Waals surface area (Å²) in [6.45, 7) is 4.80. The Kier molecular flexibility index (Phi) is 4.90. The predicted molar refractivity (Wildman–Crippen MR) is 82.5 cm³/mol. The van der Waals surface area contributed by atoms with Gasteiger partial charge in [-0.25, -0.2) is 4.39 Å². The molecule has 1 aliphatic rings. The first-order valence-electron chi connectivity index (χ1n) is 7.25. The van der Waals surface area contributed by atoms with E-state index in [1.54, 1.807) is 4.90 Å². The average Bonchev–Trinajstić information content (AvgIpc) is 2.85. The fraction of sp³-hybridized carbons (Fsp3) is 0.222. The molecule has 0 radical (unpaired) electrons. The Balaban J connectivity index is 0.000000847. The van der Waals surface area contributed by atoms with E-state index >= 15 is 0 Å². The molecule has 1 heterocycles. The minimum absolute atomic E-state index is 0.112. The van der Waals surface area contributed by atoms with E-state index in [2.05, 4.69) is 0 Å². The van der Waals surface area contributed by atoms with Gasteiger partial charge in [-0.2, -0.15) is 5.26 Å². The minimum atomic E-state index is -0.477. The van der Waals surface area contributed by atoms with Crippen LogP contribution in [0.15, 0.2) is 42.5 Å². The van der Waals surface area contributed by atoms with E-state index in [4.69, 9.17) is 5.26 Å². The molecule has 0 atom stereocenters. The van der Waals surface area contributed by atoms with Crippen molar-refractivity contribution in [2.24, 2.45) is 0 Å². The summed E-state index contributed by atoms with van der Waals surface area (Å²) in [5, 5.41) is 9.03. The maximum atomic E-state index is 13.4. The lowest BCUT2D eigenvalue weighted by Crippen LogP contribution is -2.23. The highest BCUT2D eigenvalue weighted by Crippen LogP contribution is 2.28. The molecule has 0 unspecified atom stereocenters. The van der Waals surface area contributed by atoms with Crippen molar-refractivity contribution in [1.82, 2.24) is 4.90 Å². The van der Waals surface area contributed by atoms with Crippen molar-refractivity contribution in [3.8, 4) is 6.07 Å². The summed E-state index contributed by atoms with van der Waals surface area (Å²) in [6.07, 6.45) is 0. The molecule has 0 bridgehead atoms. The van der Waals surface area contributed by atoms with Crippen molar-refractivity contribution >= 4 is 5.91 Å². The van der Waals surface area contributed by atoms with Crippen molar-refractivity contribution in [1.29, 1.82) is 5.26 Å². The summed E-state index contributed by atoms with van der Waals surface area (Å²) >= 11 is 0. The van der Waals surface area contributed by atoms with Crippen LogP contribution in [0.3, 0.4) is 0 Å². The molecule has 3 rings (SSSR count). The summed E-state index contributed by atoms with van der Waals surface area (Å²) in [5.74, 6) is -0.685. The number of amides is 1. The second-order valence-electron chi connectivity index (χ2n) is 4.75. The third-order valence-electron chi connectivity index (χ3n) is 3.38. The van der Waals surface area contributed by atoms with Gasteiger partial charge in [-0.3, -0.25) is 4.79 Å². The molecule has 22 heavy (non-hydrogen) atoms. The third kappa shape index (κ3) is 2.99. The fourth-order valence-electron chi connectivity index (χ4n) is 2.50. The van der Waals surface area contributed by atoms with Crippen molar-refractivity contribution < 1.29 is 9.18 Å². The van der Waals surface area contributed by atoms with Crippen LogP contribution in [0.4, 0.5) is 4.39 Å². The molecule has 2 aromatic rings. The van der Waals surface area contributed by atoms with Gasteiger partial charge in [0, 0.05) is 13.1 Å². The van der Waals surface area contributed by atoms with E-state index in [1.807, 2.05) is 50.2 Å². The van der Waals surface area contributed by atoms with E-state index in [9.17, 15) is 9.18 Å². The lowest BCUT2D eigenvalue weighted by molar-refractivity contribution is 0.0766. The molecule has 1 amide bonds. The first-order valence-corrected chi connectivity index (χ1v) is 7.25. The Hall–Kier alpha value is -2.67. The largest absolute Gasteiger partial charge is 0.330 e. The molecule has 0 N–H and O–H groups in total. The molecule has 2 aromatic carbocycles. The summed E-state index contributed by atoms with van der Waals surface area (Å²) in [4.78, 5) is 14.0. The standard InChI is InChI=1S/C16H11FN2O.C2H6/c17-14-6-12(8-18)15-13(7-14)10-19(16(15)20)9-11-4-2-1-3-5-11;1-2/h1-7H,9-10H2;1-2H3. The summed E-state index contributed by atoms with van der Waals surface area (Å²) in [6, 6.07) is 13.9. The molecule has 0 fully saturated rings. The normalized spacial score (nSPS) is 12.3. The maximum absolute atomic E-state index is 13.4. The number of hydrogen-bond acceptors (Lipinski definition) is 2. The Labute approximate surface area is 129 Å². The molecule has 4 heteroatoms. The van der Waals surface area contributed by atoms with Crippen LogP contribution in [0.1, 0.15) is 40.9 Å². The zero-order chi connectivity index (χ0) is 16.1. The summed E-state index contributed by atoms with van der Waals surface area (Å²) in [7, 11) is 0. The van der Waals surface area contributed by atoms with Crippen LogP contribution in [0.2, 0.25) is 0 Å². The number of nitriles is 1. The van der Waals surface area contributed by atoms with Gasteiger partial charge in [0.25, 0.3) is 5.91 Å². The van der Waals surface area contributed by atoms with Crippen molar-refractivity contribution in [2.75, 3.05) is 0 Å². The molecule has 0 spiro atoms. The maximum Gasteiger partial charge on any atom is 0.256 e. The van der Waals surface area contributed by atoms with E-state index in [1.165, 1.54) is 6.07 Å². The average molecular weight is 296 g/mol. The van der Waals surface area contributed by atoms with E-state index in [0.717, 1.165) is 11.6 Å². The third-order valence-corrected chi connectivity index (χ3v) is 3.38. The number of carbonyl (C=O) groups is 1. The molecule has 0 saturated carbocycles. The molecule has 112 valence electrons. The first-order chi connectivity index (χ1) is 10.7. The fourth-order valence-corrected chi connectivity index (χ4v) is 2.50. The van der Waals surface area contributed by atoms with Crippen LogP contribution in [0, 0.1) is 17.1 Å². The van der Waals surface area contributed by atoms with Gasteiger partial charge < -0.3 is 4.90 Å². The smallest absolute Gasteiger partial charge is 0.256 e. The van der Waals surface area contributed by atoms with Crippen LogP contribution in [0.5, 0.6) is 0 Å². The lowest BCUT2D eigenvalue weighted by Gasteiger charge is -2.15. The van der Waals surface area contributed by atoms with Gasteiger partial charge in [-0.05, 0) is 23.3 Å². The number of hydrogen-bond donors (Lipinski definition) is 0. The van der Waals surface area contributed by atoms with Crippen LogP contribution in [-0.2, 0) is 13.1 Å². The van der Waals surface area contributed by atoms with Gasteiger partial charge in [-0.1, -0.05) is 44.2 Å². The highest BCUT2D eigenvalue weighted by Gasteiger charge is 2.30. The Morgan fingerprint density at radius 3 is 2.55 bits per heavy atom. The number of fused-ring (bicyclic) bond motifs is 1. The Morgan fingerprint density at radius 2 is 1.91 bits per heavy atom. The van der Waals surface area contributed by atoms with Crippen molar-refractivity contribution in [3.63, 3.8) is 0 Å². The van der Waals surface area contributed by atoms with Gasteiger partial charge in [0.05, 0.1) is 11.1 Å². The minimum Gasteiger partial charge on any atom is -0.330 e. The van der Waals surface area contributed by atoms with Crippen molar-refractivity contribution in [2.45, 2.75) is 26.9 Å². The molecule has 0 aliphatic carbocycles. The van der Waals surface area contributed by atoms with Crippen LogP contribution < -0.4 is 0 Å². The molecular weight excluding hydrogens is 279 g/mol. The molecule has 3 nitrogen and oxygen atoms in total. The molecule has 0 saturated heterocycles. The lowest BCUT2D eigenvalue weighted by atomic mass is 10.0. The number of nitrogens with zero attached hydrogens (tertiary/aromatic N) is 2. The zero-order valence-corrected chi connectivity index (χ0v) is 12.6. The Bertz CT molecular complexity index is 720. The molecule has 1 aliphatic heterocycles. The van der Waals surface area contributed by atoms with Crippen molar-refractivity contribution in [3.05, 3.63) is 70.5 Å². The van der Waals surface area contributed by atoms with Gasteiger partial charge in [-0.15, -0.1) is 0 Å². The second kappa shape index (κ2) is 6.86. The number of carbonyl (C=O) groups excluding carboxylic acids is 1. The predicted octanol–water partition coefficient (Wildman–Crippen LogP) is 3.88. The second-order valence-corrected chi connectivity index (χ2v) is 4.75. The van der Waals surface area contributed by atoms with E-state index in [-0.39, 0.29) is 11.5 Å². The topological polar surface area (TPSA) is 44.1 Å². The van der Waals surface area contributed by atoms with Gasteiger partial charge >= 0.3 is 0 Å². The van der Waals surface area contributed by atoms with Gasteiger partial charge in [0.15, 0.2) is 0 Å². The van der Waals surface area contributed by atoms with Crippen LogP contribution >= 0.6 is 0 Å². The number of halogens is 1. The quantitative estimate of drug-likeness (QED) is 0.844. The molecular formula is C18H17FN2O. The zero-order valence-electron chi connectivity index (χ0n) is 12.6. The van der Waals surface area contributed by atoms with Gasteiger partial charge in [0.2, 0.25) is 0 Å². The SMILES string of the molecule is CC.N#Cc1cc(F)cc2c1C(=O)N(Cc1ccccc1)C2. The Morgan fingerprint density at radius 1 is 1.23 bits per heavy atom. The monoisotopic (exact) mass is 296 g/mol. The highest BCUT2D eigenvalue weighted by molar-refractivity contribution is 6.00. The van der Waals surface area contributed by atoms with Gasteiger partial charge in [0.1, 0.15) is 11.9 Å². The van der Waals surface area contributed by atoms with E-state index in [0.29, 0.717) is 24.2 Å². The van der Waals surface area contributed by atoms with Crippen LogP contribution in [-0.4, -0.2) is 10.8 Å². The highest BCUT2D eigenvalue weighted by atomic mass is 19.1. The summed E-state index contributed by atoms with van der Waals surface area (Å²) < 4.78 is 13.4. The number of rotatable bonds is 2. The number of benzene rings is 2. The van der Waals surface area contributed by atoms with Crippen LogP contribution in [0.25, 0.3) is 0 Å². The van der Waals surface area contributed by atoms with E-state index < -0.39 is 5.82 Å². The molecule has 0 aromatic heterocycles. The summed E-state index contributed by atoms with van der Waals surface area (Å²) in [5.41, 5.74) is 2.04.